The van der Waals surface area contributed by atoms with Crippen LogP contribution in [0.4, 0.5) is 10.3 Å². The monoisotopic (exact) mass is 318 g/mol. The van der Waals surface area contributed by atoms with Crippen molar-refractivity contribution in [1.82, 2.24) is 9.97 Å². The third-order valence-electron chi connectivity index (χ3n) is 1.72. The van der Waals surface area contributed by atoms with Gasteiger partial charge in [0.25, 0.3) is 5.91 Å². The Morgan fingerprint density at radius 3 is 2.81 bits per heavy atom. The fourth-order valence-electron chi connectivity index (χ4n) is 1.09. The fourth-order valence-corrected chi connectivity index (χ4v) is 2.92. The molecule has 0 aliphatic carbocycles. The second-order valence-electron chi connectivity index (χ2n) is 2.89. The molecule has 0 saturated carbocycles. The van der Waals surface area contributed by atoms with Crippen LogP contribution in [0.25, 0.3) is 0 Å². The van der Waals surface area contributed by atoms with Gasteiger partial charge < -0.3 is 5.73 Å². The SMILES string of the molecule is Cc1nc(N)sc1C(=O)Nc1ncc(Br)s1. The normalized spacial score (nSPS) is 10.4. The van der Waals surface area contributed by atoms with E-state index < -0.39 is 0 Å². The van der Waals surface area contributed by atoms with Crippen molar-refractivity contribution < 1.29 is 4.79 Å². The molecule has 2 heterocycles. The van der Waals surface area contributed by atoms with Crippen molar-refractivity contribution in [3.8, 4) is 0 Å². The number of aryl methyl sites for hydroxylation is 1. The highest BCUT2D eigenvalue weighted by Gasteiger charge is 2.15. The molecular weight excluding hydrogens is 312 g/mol. The summed E-state index contributed by atoms with van der Waals surface area (Å²) in [5.74, 6) is -0.228. The summed E-state index contributed by atoms with van der Waals surface area (Å²) in [5.41, 5.74) is 6.16. The van der Waals surface area contributed by atoms with Crippen LogP contribution in [0.1, 0.15) is 15.4 Å². The number of aromatic nitrogens is 2. The lowest BCUT2D eigenvalue weighted by Crippen LogP contribution is -2.11. The summed E-state index contributed by atoms with van der Waals surface area (Å²) in [5, 5.41) is 3.62. The maximum atomic E-state index is 11.8. The van der Waals surface area contributed by atoms with Crippen LogP contribution >= 0.6 is 38.6 Å². The first-order valence-electron chi connectivity index (χ1n) is 4.22. The molecule has 0 radical (unpaired) electrons. The van der Waals surface area contributed by atoms with Crippen LogP contribution in [-0.2, 0) is 0 Å². The molecule has 0 aliphatic heterocycles. The Labute approximate surface area is 108 Å². The summed E-state index contributed by atoms with van der Waals surface area (Å²) in [6, 6.07) is 0. The number of carbonyl (C=O) groups excluding carboxylic acids is 1. The van der Waals surface area contributed by atoms with Gasteiger partial charge in [0.1, 0.15) is 4.88 Å². The van der Waals surface area contributed by atoms with E-state index in [1.54, 1.807) is 13.1 Å². The predicted molar refractivity (Wildman–Crippen MR) is 69.0 cm³/mol. The van der Waals surface area contributed by atoms with Crippen molar-refractivity contribution in [2.45, 2.75) is 6.92 Å². The Balaban J connectivity index is 2.17. The molecular formula is C8H7BrN4OS2. The second kappa shape index (κ2) is 4.48. The number of nitrogens with one attached hydrogen (secondary N) is 1. The smallest absolute Gasteiger partial charge is 0.269 e. The molecule has 0 atom stereocenters. The van der Waals surface area contributed by atoms with E-state index in [0.717, 1.165) is 3.79 Å². The van der Waals surface area contributed by atoms with Crippen LogP contribution < -0.4 is 11.1 Å². The van der Waals surface area contributed by atoms with Gasteiger partial charge in [0.15, 0.2) is 10.3 Å². The first-order chi connectivity index (χ1) is 7.56. The number of halogens is 1. The van der Waals surface area contributed by atoms with Gasteiger partial charge in [0, 0.05) is 0 Å². The molecule has 0 aromatic carbocycles. The summed E-state index contributed by atoms with van der Waals surface area (Å²) in [6.07, 6.45) is 1.63. The minimum Gasteiger partial charge on any atom is -0.375 e. The summed E-state index contributed by atoms with van der Waals surface area (Å²) in [4.78, 5) is 20.3. The molecule has 3 N–H and O–H groups in total. The van der Waals surface area contributed by atoms with Crippen molar-refractivity contribution in [3.05, 3.63) is 20.6 Å². The van der Waals surface area contributed by atoms with Crippen molar-refractivity contribution in [3.63, 3.8) is 0 Å². The number of carbonyl (C=O) groups is 1. The molecule has 0 spiro atoms. The number of hydrogen-bond acceptors (Lipinski definition) is 6. The molecule has 5 nitrogen and oxygen atoms in total. The van der Waals surface area contributed by atoms with E-state index in [9.17, 15) is 4.79 Å². The third kappa shape index (κ3) is 2.39. The average Bonchev–Trinajstić information content (AvgIpc) is 2.73. The van der Waals surface area contributed by atoms with Gasteiger partial charge in [0.2, 0.25) is 0 Å². The Kier molecular flexibility index (Phi) is 3.22. The maximum Gasteiger partial charge on any atom is 0.269 e. The van der Waals surface area contributed by atoms with Gasteiger partial charge in [0.05, 0.1) is 15.7 Å². The van der Waals surface area contributed by atoms with Crippen LogP contribution in [0.2, 0.25) is 0 Å². The maximum absolute atomic E-state index is 11.8. The van der Waals surface area contributed by atoms with E-state index >= 15 is 0 Å². The quantitative estimate of drug-likeness (QED) is 0.891. The molecule has 84 valence electrons. The number of amides is 1. The van der Waals surface area contributed by atoms with Gasteiger partial charge in [-0.15, -0.1) is 0 Å². The Bertz CT molecular complexity index is 536. The number of hydrogen-bond donors (Lipinski definition) is 2. The number of rotatable bonds is 2. The molecule has 0 bridgehead atoms. The van der Waals surface area contributed by atoms with Crippen molar-refractivity contribution in [1.29, 1.82) is 0 Å². The topological polar surface area (TPSA) is 80.9 Å². The highest BCUT2D eigenvalue weighted by molar-refractivity contribution is 9.11. The minimum absolute atomic E-state index is 0.228. The van der Waals surface area contributed by atoms with Gasteiger partial charge >= 0.3 is 0 Å². The fraction of sp³-hybridized carbons (Fsp3) is 0.125. The molecule has 16 heavy (non-hydrogen) atoms. The third-order valence-corrected chi connectivity index (χ3v) is 4.09. The van der Waals surface area contributed by atoms with Gasteiger partial charge in [-0.1, -0.05) is 22.7 Å². The molecule has 2 rings (SSSR count). The summed E-state index contributed by atoms with van der Waals surface area (Å²) >= 11 is 5.79. The van der Waals surface area contributed by atoms with Crippen LogP contribution in [0.5, 0.6) is 0 Å². The predicted octanol–water partition coefficient (Wildman–Crippen LogP) is 2.51. The molecule has 0 saturated heterocycles. The highest BCUT2D eigenvalue weighted by Crippen LogP contribution is 2.25. The van der Waals surface area contributed by atoms with E-state index in [1.165, 1.54) is 22.7 Å². The number of nitrogen functional groups attached to an aromatic ring is 1. The average molecular weight is 319 g/mol. The largest absolute Gasteiger partial charge is 0.375 e. The zero-order chi connectivity index (χ0) is 11.7. The van der Waals surface area contributed by atoms with Gasteiger partial charge in [-0.25, -0.2) is 9.97 Å². The molecule has 0 unspecified atom stereocenters. The van der Waals surface area contributed by atoms with Gasteiger partial charge in [-0.05, 0) is 22.9 Å². The van der Waals surface area contributed by atoms with Crippen molar-refractivity contribution in [2.75, 3.05) is 11.1 Å². The number of nitrogens with zero attached hydrogens (tertiary/aromatic N) is 2. The Hall–Kier alpha value is -0.990. The van der Waals surface area contributed by atoms with Crippen LogP contribution in [0.15, 0.2) is 9.98 Å². The molecule has 2 aromatic heterocycles. The number of nitrogens with two attached hydrogens (primary N) is 1. The molecule has 8 heteroatoms. The zero-order valence-corrected chi connectivity index (χ0v) is 11.4. The number of anilines is 2. The van der Waals surface area contributed by atoms with Crippen LogP contribution in [0, 0.1) is 6.92 Å². The van der Waals surface area contributed by atoms with Crippen molar-refractivity contribution in [2.24, 2.45) is 0 Å². The Morgan fingerprint density at radius 1 is 1.56 bits per heavy atom. The highest BCUT2D eigenvalue weighted by atomic mass is 79.9. The molecule has 1 amide bonds. The second-order valence-corrected chi connectivity index (χ2v) is 6.33. The first-order valence-corrected chi connectivity index (χ1v) is 6.64. The standard InChI is InChI=1S/C8H7BrN4OS2/c1-3-5(16-7(10)12-3)6(14)13-8-11-2-4(9)15-8/h2H,1H3,(H2,10,12)(H,11,13,14). The van der Waals surface area contributed by atoms with Crippen molar-refractivity contribution >= 4 is 54.8 Å². The van der Waals surface area contributed by atoms with E-state index in [2.05, 4.69) is 31.2 Å². The van der Waals surface area contributed by atoms with E-state index in [-0.39, 0.29) is 5.91 Å². The van der Waals surface area contributed by atoms with E-state index in [4.69, 9.17) is 5.73 Å². The van der Waals surface area contributed by atoms with E-state index in [0.29, 0.717) is 20.8 Å². The summed E-state index contributed by atoms with van der Waals surface area (Å²) < 4.78 is 0.864. The minimum atomic E-state index is -0.228. The lowest BCUT2D eigenvalue weighted by molar-refractivity contribution is 0.103. The zero-order valence-electron chi connectivity index (χ0n) is 8.15. The Morgan fingerprint density at radius 2 is 2.31 bits per heavy atom. The lowest BCUT2D eigenvalue weighted by atomic mass is 10.4. The lowest BCUT2D eigenvalue weighted by Gasteiger charge is -1.98. The first kappa shape index (κ1) is 11.5. The van der Waals surface area contributed by atoms with Gasteiger partial charge in [-0.2, -0.15) is 0 Å². The number of thiazole rings is 2. The van der Waals surface area contributed by atoms with Crippen LogP contribution in [0.3, 0.4) is 0 Å². The molecule has 0 aliphatic rings. The van der Waals surface area contributed by atoms with E-state index in [1.807, 2.05) is 0 Å². The molecule has 0 fully saturated rings. The van der Waals surface area contributed by atoms with Crippen LogP contribution in [-0.4, -0.2) is 15.9 Å². The summed E-state index contributed by atoms with van der Waals surface area (Å²) in [6.45, 7) is 1.75. The molecule has 2 aromatic rings. The van der Waals surface area contributed by atoms with Gasteiger partial charge in [-0.3, -0.25) is 10.1 Å². The summed E-state index contributed by atoms with van der Waals surface area (Å²) in [7, 11) is 0.